The van der Waals surface area contributed by atoms with Crippen LogP contribution in [0.2, 0.25) is 5.54 Å². The Bertz CT molecular complexity index is 679. The molecule has 28 heavy (non-hydrogen) atoms. The summed E-state index contributed by atoms with van der Waals surface area (Å²) in [5, 5.41) is 1.70. The van der Waals surface area contributed by atoms with Crippen molar-refractivity contribution in [3.63, 3.8) is 0 Å². The molecular weight excluding hydrogens is 459 g/mol. The second-order valence-corrected chi connectivity index (χ2v) is 9.67. The minimum absolute atomic E-state index is 0. The van der Waals surface area contributed by atoms with Gasteiger partial charge in [0.25, 0.3) is 0 Å². The monoisotopic (exact) mass is 492 g/mol. The van der Waals surface area contributed by atoms with Gasteiger partial charge in [-0.2, -0.15) is 11.1 Å². The molecule has 1 aromatic carbocycles. The molecule has 2 rings (SSSR count). The fourth-order valence-corrected chi connectivity index (χ4v) is 6.86. The van der Waals surface area contributed by atoms with Crippen LogP contribution in [0, 0.1) is 40.7 Å². The largest absolute Gasteiger partial charge is 4.00 e. The first kappa shape index (κ1) is 33.1. The van der Waals surface area contributed by atoms with Crippen molar-refractivity contribution in [2.75, 3.05) is 0 Å². The molecule has 0 nitrogen and oxygen atoms in total. The predicted octanol–water partition coefficient (Wildman–Crippen LogP) is -3.52. The van der Waals surface area contributed by atoms with Gasteiger partial charge in [-0.1, -0.05) is 43.8 Å². The molecule has 0 bridgehead atoms. The molecule has 0 radical (unpaired) electrons. The number of hydrogen-bond donors (Lipinski definition) is 0. The zero-order chi connectivity index (χ0) is 18.0. The predicted molar refractivity (Wildman–Crippen MR) is 111 cm³/mol. The molecule has 0 saturated heterocycles. The Morgan fingerprint density at radius 1 is 0.750 bits per heavy atom. The van der Waals surface area contributed by atoms with Gasteiger partial charge < -0.3 is 37.2 Å². The number of benzene rings is 1. The van der Waals surface area contributed by atoms with E-state index in [0.717, 1.165) is 0 Å². The zero-order valence-electron chi connectivity index (χ0n) is 18.7. The molecule has 5 heteroatoms. The Kier molecular flexibility index (Phi) is 17.2. The van der Waals surface area contributed by atoms with E-state index in [1.54, 1.807) is 27.5 Å². The van der Waals surface area contributed by atoms with Crippen molar-refractivity contribution < 1.29 is 58.9 Å². The molecule has 1 aliphatic carbocycles. The summed E-state index contributed by atoms with van der Waals surface area (Å²) in [6.45, 7) is 18.4. The van der Waals surface area contributed by atoms with Crippen LogP contribution in [0.15, 0.2) is 16.7 Å². The van der Waals surface area contributed by atoms with Crippen LogP contribution in [0.5, 0.6) is 0 Å². The van der Waals surface area contributed by atoms with Crippen molar-refractivity contribution >= 4 is 14.7 Å². The average molecular weight is 494 g/mol. The molecule has 156 valence electrons. The maximum absolute atomic E-state index is 3.84. The van der Waals surface area contributed by atoms with E-state index in [2.05, 4.69) is 61.5 Å². The third-order valence-corrected chi connectivity index (χ3v) is 9.04. The van der Waals surface area contributed by atoms with E-state index in [1.807, 2.05) is 0 Å². The van der Waals surface area contributed by atoms with Crippen molar-refractivity contribution in [2.45, 2.75) is 86.6 Å². The van der Waals surface area contributed by atoms with Crippen LogP contribution < -0.4 is 42.4 Å². The summed E-state index contributed by atoms with van der Waals surface area (Å²) in [6.07, 6.45) is 9.12. The summed E-state index contributed by atoms with van der Waals surface area (Å²) in [5.74, 6) is 0. The van der Waals surface area contributed by atoms with Crippen molar-refractivity contribution in [2.24, 2.45) is 0 Å². The summed E-state index contributed by atoms with van der Waals surface area (Å²) in [4.78, 5) is 0. The van der Waals surface area contributed by atoms with E-state index in [-0.39, 0.29) is 68.5 Å². The zero-order valence-corrected chi connectivity index (χ0v) is 24.0. The van der Waals surface area contributed by atoms with Gasteiger partial charge in [-0.15, -0.1) is 6.92 Å². The molecule has 1 aliphatic rings. The first-order valence-corrected chi connectivity index (χ1v) is 11.2. The van der Waals surface area contributed by atoms with Gasteiger partial charge in [-0.3, -0.25) is 6.08 Å². The van der Waals surface area contributed by atoms with Crippen LogP contribution in [0.3, 0.4) is 0 Å². The van der Waals surface area contributed by atoms with Gasteiger partial charge in [0.15, 0.2) is 0 Å². The first-order chi connectivity index (χ1) is 11.3. The van der Waals surface area contributed by atoms with Crippen molar-refractivity contribution in [3.8, 4) is 0 Å². The van der Waals surface area contributed by atoms with Gasteiger partial charge >= 0.3 is 21.7 Å². The molecule has 0 N–H and O–H groups in total. The van der Waals surface area contributed by atoms with Crippen LogP contribution >= 0.6 is 0 Å². The van der Waals surface area contributed by atoms with E-state index in [4.69, 9.17) is 0 Å². The smallest absolute Gasteiger partial charge is 1.00 e. The number of allylic oxidation sites excluding steroid dienone is 4. The van der Waals surface area contributed by atoms with Gasteiger partial charge in [0.1, 0.15) is 0 Å². The Balaban J connectivity index is -0.00000156. The fraction of sp³-hybridized carbons (Fsp3) is 0.565. The van der Waals surface area contributed by atoms with Crippen molar-refractivity contribution in [1.29, 1.82) is 0 Å². The number of unbranched alkanes of at least 4 members (excludes halogenated alkanes) is 2. The molecule has 0 aliphatic heterocycles. The summed E-state index contributed by atoms with van der Waals surface area (Å²) >= 11 is 0. The van der Waals surface area contributed by atoms with Crippen LogP contribution in [0.4, 0.5) is 0 Å². The summed E-state index contributed by atoms with van der Waals surface area (Å²) in [5.41, 5.74) is 12.9. The van der Waals surface area contributed by atoms with Crippen LogP contribution in [0.25, 0.3) is 0 Å². The maximum Gasteiger partial charge on any atom is 4.00 e. The standard InChI is InChI=1S/C23H35Si.3ClH.Ti/c1-9-10-11-12-21-15(3)14(2)13-22(21)24-23-19(7)17(5)16(4)18(6)20(23)8;;;;/h22H,9-12,24H2,1-8H3;3*1H;/q-1;;;;+4/p-3. The Morgan fingerprint density at radius 2 is 1.21 bits per heavy atom. The van der Waals surface area contributed by atoms with Crippen LogP contribution in [-0.2, 0) is 21.7 Å². The van der Waals surface area contributed by atoms with Crippen LogP contribution in [0.1, 0.15) is 74.3 Å². The second-order valence-electron chi connectivity index (χ2n) is 7.74. The quantitative estimate of drug-likeness (QED) is 0.219. The molecule has 0 fully saturated rings. The Labute approximate surface area is 209 Å². The molecule has 0 amide bonds. The minimum Gasteiger partial charge on any atom is -1.00 e. The van der Waals surface area contributed by atoms with E-state index >= 15 is 0 Å². The fourth-order valence-electron chi connectivity index (χ4n) is 4.15. The van der Waals surface area contributed by atoms with E-state index < -0.39 is 0 Å². The molecule has 0 heterocycles. The number of hydrogen-bond acceptors (Lipinski definition) is 0. The van der Waals surface area contributed by atoms with E-state index in [1.165, 1.54) is 47.9 Å². The van der Waals surface area contributed by atoms with Gasteiger partial charge in [0.05, 0.1) is 0 Å². The Morgan fingerprint density at radius 3 is 1.68 bits per heavy atom. The third-order valence-electron chi connectivity index (χ3n) is 6.47. The SMILES string of the molecule is CCCCCC1=C(C)C(C)=[C-]C1[SiH2]c1c(C)c(C)c(C)c(C)c1C.[Cl-].[Cl-].[Cl-].[Ti+4]. The molecule has 0 aromatic heterocycles. The van der Waals surface area contributed by atoms with Crippen molar-refractivity contribution in [1.82, 2.24) is 0 Å². The Hall–Kier alpha value is 0.501. The topological polar surface area (TPSA) is 0 Å². The third kappa shape index (κ3) is 7.03. The summed E-state index contributed by atoms with van der Waals surface area (Å²) in [6, 6.07) is 0. The normalized spacial score (nSPS) is 15.6. The van der Waals surface area contributed by atoms with Crippen LogP contribution in [-0.4, -0.2) is 9.52 Å². The van der Waals surface area contributed by atoms with Crippen molar-refractivity contribution in [3.05, 3.63) is 50.6 Å². The molecular formula is C23H35Cl3SiTi. The maximum atomic E-state index is 3.84. The summed E-state index contributed by atoms with van der Waals surface area (Å²) in [7, 11) is -0.387. The number of halogens is 3. The first-order valence-electron chi connectivity index (χ1n) is 9.65. The molecule has 1 aromatic rings. The average Bonchev–Trinajstić information content (AvgIpc) is 2.83. The molecule has 0 saturated carbocycles. The molecule has 1 unspecified atom stereocenters. The van der Waals surface area contributed by atoms with E-state index in [9.17, 15) is 0 Å². The molecule has 0 spiro atoms. The van der Waals surface area contributed by atoms with E-state index in [0.29, 0.717) is 5.54 Å². The second kappa shape index (κ2) is 14.5. The van der Waals surface area contributed by atoms with Gasteiger partial charge in [-0.05, 0) is 68.9 Å². The summed E-state index contributed by atoms with van der Waals surface area (Å²) < 4.78 is 0. The number of rotatable bonds is 6. The molecule has 1 atom stereocenters. The van der Waals surface area contributed by atoms with Gasteiger partial charge in [0, 0.05) is 9.52 Å². The minimum atomic E-state index is -0.387. The van der Waals surface area contributed by atoms with Gasteiger partial charge in [0.2, 0.25) is 0 Å². The van der Waals surface area contributed by atoms with Gasteiger partial charge in [-0.25, -0.2) is 5.57 Å².